The highest BCUT2D eigenvalue weighted by atomic mass is 16.3. The van der Waals surface area contributed by atoms with Crippen molar-refractivity contribution in [3.8, 4) is 11.8 Å². The van der Waals surface area contributed by atoms with Crippen LogP contribution in [0.1, 0.15) is 24.2 Å². The van der Waals surface area contributed by atoms with Crippen molar-refractivity contribution in [2.24, 2.45) is 5.92 Å². The Bertz CT molecular complexity index is 440. The third-order valence-electron chi connectivity index (χ3n) is 2.35. The summed E-state index contributed by atoms with van der Waals surface area (Å²) in [5.41, 5.74) is 0.331. The molecule has 5 heteroatoms. The van der Waals surface area contributed by atoms with Crippen LogP contribution in [0.5, 0.6) is 5.75 Å². The first-order valence-corrected chi connectivity index (χ1v) is 5.41. The van der Waals surface area contributed by atoms with Crippen LogP contribution in [0.15, 0.2) is 18.5 Å². The van der Waals surface area contributed by atoms with Gasteiger partial charge in [-0.05, 0) is 19.9 Å². The van der Waals surface area contributed by atoms with Crippen molar-refractivity contribution in [3.05, 3.63) is 24.0 Å². The third-order valence-corrected chi connectivity index (χ3v) is 2.35. The van der Waals surface area contributed by atoms with E-state index in [-0.39, 0.29) is 17.6 Å². The summed E-state index contributed by atoms with van der Waals surface area (Å²) in [6.07, 6.45) is 2.67. The van der Waals surface area contributed by atoms with Gasteiger partial charge in [0.15, 0.2) is 0 Å². The van der Waals surface area contributed by atoms with Crippen LogP contribution >= 0.6 is 0 Å². The summed E-state index contributed by atoms with van der Waals surface area (Å²) >= 11 is 0. The molecule has 0 aliphatic heterocycles. The summed E-state index contributed by atoms with van der Waals surface area (Å²) in [5.74, 6) is -0.484. The number of nitriles is 1. The van der Waals surface area contributed by atoms with E-state index in [2.05, 4.69) is 11.1 Å². The molecule has 0 saturated heterocycles. The zero-order chi connectivity index (χ0) is 12.8. The van der Waals surface area contributed by atoms with Gasteiger partial charge < -0.3 is 10.0 Å². The fourth-order valence-corrected chi connectivity index (χ4v) is 1.45. The normalized spacial score (nSPS) is 11.6. The van der Waals surface area contributed by atoms with Crippen molar-refractivity contribution in [3.63, 3.8) is 0 Å². The van der Waals surface area contributed by atoms with Crippen LogP contribution in [-0.4, -0.2) is 34.0 Å². The number of aromatic nitrogens is 1. The highest BCUT2D eigenvalue weighted by Crippen LogP contribution is 2.12. The molecule has 1 heterocycles. The van der Waals surface area contributed by atoms with Crippen LogP contribution in [-0.2, 0) is 0 Å². The summed E-state index contributed by atoms with van der Waals surface area (Å²) in [5, 5.41) is 18.0. The quantitative estimate of drug-likeness (QED) is 0.852. The minimum atomic E-state index is -0.224. The van der Waals surface area contributed by atoms with Crippen molar-refractivity contribution in [2.45, 2.75) is 13.8 Å². The molecular formula is C12H15N3O2. The molecule has 0 bridgehead atoms. The van der Waals surface area contributed by atoms with Crippen LogP contribution in [0.3, 0.4) is 0 Å². The fraction of sp³-hybridized carbons (Fsp3) is 0.417. The van der Waals surface area contributed by atoms with Gasteiger partial charge >= 0.3 is 0 Å². The van der Waals surface area contributed by atoms with Crippen LogP contribution in [0.2, 0.25) is 0 Å². The van der Waals surface area contributed by atoms with E-state index in [0.29, 0.717) is 18.7 Å². The summed E-state index contributed by atoms with van der Waals surface area (Å²) in [6.45, 7) is 4.50. The van der Waals surface area contributed by atoms with E-state index in [1.54, 1.807) is 11.8 Å². The number of hydrogen-bond donors (Lipinski definition) is 1. The van der Waals surface area contributed by atoms with Crippen LogP contribution in [0.25, 0.3) is 0 Å². The Morgan fingerprint density at radius 2 is 2.35 bits per heavy atom. The number of aromatic hydroxyl groups is 1. The van der Waals surface area contributed by atoms with E-state index in [1.807, 2.05) is 6.92 Å². The van der Waals surface area contributed by atoms with Crippen molar-refractivity contribution in [2.75, 3.05) is 13.1 Å². The van der Waals surface area contributed by atoms with Gasteiger partial charge in [-0.25, -0.2) is 0 Å². The first-order valence-electron chi connectivity index (χ1n) is 5.41. The molecule has 1 N–H and O–H groups in total. The smallest absolute Gasteiger partial charge is 0.255 e. The Balaban J connectivity index is 2.83. The molecule has 0 aliphatic carbocycles. The van der Waals surface area contributed by atoms with Crippen LogP contribution in [0.4, 0.5) is 0 Å². The number of pyridine rings is 1. The summed E-state index contributed by atoms with van der Waals surface area (Å²) in [6, 6.07) is 3.46. The van der Waals surface area contributed by atoms with E-state index in [0.717, 1.165) is 0 Å². The SMILES string of the molecule is CCN(CC(C)C#N)C(=O)c1cncc(O)c1. The predicted molar refractivity (Wildman–Crippen MR) is 62.3 cm³/mol. The van der Waals surface area contributed by atoms with Gasteiger partial charge in [0.2, 0.25) is 0 Å². The summed E-state index contributed by atoms with van der Waals surface area (Å²) in [7, 11) is 0. The molecule has 5 nitrogen and oxygen atoms in total. The van der Waals surface area contributed by atoms with Gasteiger partial charge in [-0.1, -0.05) is 0 Å². The maximum Gasteiger partial charge on any atom is 0.255 e. The second-order valence-electron chi connectivity index (χ2n) is 3.81. The molecule has 1 amide bonds. The Labute approximate surface area is 100 Å². The molecule has 0 aromatic carbocycles. The lowest BCUT2D eigenvalue weighted by Crippen LogP contribution is -2.34. The van der Waals surface area contributed by atoms with Gasteiger partial charge in [0, 0.05) is 19.3 Å². The molecule has 0 aliphatic rings. The molecule has 17 heavy (non-hydrogen) atoms. The minimum Gasteiger partial charge on any atom is -0.506 e. The standard InChI is InChI=1S/C12H15N3O2/c1-3-15(8-9(2)5-13)12(17)10-4-11(16)7-14-6-10/h4,6-7,9,16H,3,8H2,1-2H3. The molecule has 0 saturated carbocycles. The van der Waals surface area contributed by atoms with Gasteiger partial charge in [0.25, 0.3) is 5.91 Å². The van der Waals surface area contributed by atoms with Crippen LogP contribution < -0.4 is 0 Å². The topological polar surface area (TPSA) is 77.2 Å². The number of amides is 1. The lowest BCUT2D eigenvalue weighted by Gasteiger charge is -2.21. The van der Waals surface area contributed by atoms with Gasteiger partial charge in [-0.3, -0.25) is 9.78 Å². The molecule has 0 fully saturated rings. The molecule has 1 atom stereocenters. The van der Waals surface area contributed by atoms with E-state index in [9.17, 15) is 9.90 Å². The zero-order valence-electron chi connectivity index (χ0n) is 9.92. The number of carbonyl (C=O) groups is 1. The molecule has 1 rings (SSSR count). The lowest BCUT2D eigenvalue weighted by atomic mass is 10.1. The van der Waals surface area contributed by atoms with Crippen molar-refractivity contribution >= 4 is 5.91 Å². The van der Waals surface area contributed by atoms with Gasteiger partial charge in [0.1, 0.15) is 5.75 Å². The highest BCUT2D eigenvalue weighted by Gasteiger charge is 2.17. The second kappa shape index (κ2) is 5.85. The number of nitrogens with zero attached hydrogens (tertiary/aromatic N) is 3. The second-order valence-corrected chi connectivity index (χ2v) is 3.81. The van der Waals surface area contributed by atoms with Crippen molar-refractivity contribution in [1.29, 1.82) is 5.26 Å². The molecule has 1 aromatic rings. The average molecular weight is 233 g/mol. The number of hydrogen-bond acceptors (Lipinski definition) is 4. The lowest BCUT2D eigenvalue weighted by molar-refractivity contribution is 0.0752. The minimum absolute atomic E-state index is 0.0414. The van der Waals surface area contributed by atoms with Crippen molar-refractivity contribution < 1.29 is 9.90 Å². The molecule has 1 aromatic heterocycles. The molecule has 0 spiro atoms. The largest absolute Gasteiger partial charge is 0.506 e. The van der Waals surface area contributed by atoms with Gasteiger partial charge in [0.05, 0.1) is 23.7 Å². The summed E-state index contributed by atoms with van der Waals surface area (Å²) < 4.78 is 0. The van der Waals surface area contributed by atoms with Gasteiger partial charge in [-0.2, -0.15) is 5.26 Å². The maximum absolute atomic E-state index is 12.0. The molecule has 0 radical (unpaired) electrons. The Hall–Kier alpha value is -2.09. The number of carbonyl (C=O) groups excluding carboxylic acids is 1. The van der Waals surface area contributed by atoms with Gasteiger partial charge in [-0.15, -0.1) is 0 Å². The Morgan fingerprint density at radius 3 is 2.88 bits per heavy atom. The molecule has 90 valence electrons. The monoisotopic (exact) mass is 233 g/mol. The zero-order valence-corrected chi connectivity index (χ0v) is 9.92. The first-order chi connectivity index (χ1) is 8.08. The number of rotatable bonds is 4. The Morgan fingerprint density at radius 1 is 1.65 bits per heavy atom. The molecular weight excluding hydrogens is 218 g/mol. The average Bonchev–Trinajstić information content (AvgIpc) is 2.34. The van der Waals surface area contributed by atoms with E-state index < -0.39 is 0 Å². The van der Waals surface area contributed by atoms with Crippen molar-refractivity contribution in [1.82, 2.24) is 9.88 Å². The molecule has 1 unspecified atom stereocenters. The maximum atomic E-state index is 12.0. The van der Waals surface area contributed by atoms with E-state index in [4.69, 9.17) is 5.26 Å². The predicted octanol–water partition coefficient (Wildman–Crippen LogP) is 1.41. The highest BCUT2D eigenvalue weighted by molar-refractivity contribution is 5.94. The summed E-state index contributed by atoms with van der Waals surface area (Å²) in [4.78, 5) is 17.4. The Kier molecular flexibility index (Phi) is 4.46. The third kappa shape index (κ3) is 3.45. The van der Waals surface area contributed by atoms with E-state index in [1.165, 1.54) is 18.5 Å². The van der Waals surface area contributed by atoms with E-state index >= 15 is 0 Å². The first kappa shape index (κ1) is 13.0. The fourth-order valence-electron chi connectivity index (χ4n) is 1.45. The van der Waals surface area contributed by atoms with Crippen LogP contribution in [0, 0.1) is 17.2 Å².